The van der Waals surface area contributed by atoms with Crippen LogP contribution in [0.15, 0.2) is 0 Å². The molecule has 2 atom stereocenters. The van der Waals surface area contributed by atoms with E-state index in [4.69, 9.17) is 5.11 Å². The van der Waals surface area contributed by atoms with E-state index in [-0.39, 0.29) is 0 Å². The highest BCUT2D eigenvalue weighted by Gasteiger charge is 2.30. The van der Waals surface area contributed by atoms with Gasteiger partial charge in [-0.25, -0.2) is 0 Å². The number of aliphatic hydroxyl groups is 1. The molecule has 3 heteroatoms. The van der Waals surface area contributed by atoms with Crippen molar-refractivity contribution < 1.29 is 5.11 Å². The Labute approximate surface area is 106 Å². The highest BCUT2D eigenvalue weighted by molar-refractivity contribution is 4.88. The summed E-state index contributed by atoms with van der Waals surface area (Å²) in [4.78, 5) is 2.70. The second-order valence-corrected chi connectivity index (χ2v) is 5.85. The molecule has 0 spiro atoms. The quantitative estimate of drug-likeness (QED) is 0.742. The molecule has 100 valence electrons. The van der Waals surface area contributed by atoms with E-state index in [1.807, 2.05) is 0 Å². The van der Waals surface area contributed by atoms with Crippen molar-refractivity contribution in [2.24, 2.45) is 0 Å². The lowest BCUT2D eigenvalue weighted by molar-refractivity contribution is 0.236. The lowest BCUT2D eigenvalue weighted by Crippen LogP contribution is -2.40. The smallest absolute Gasteiger partial charge is 0.0431 e. The molecule has 0 amide bonds. The highest BCUT2D eigenvalue weighted by Crippen LogP contribution is 2.26. The Balaban J connectivity index is 1.66. The zero-order valence-electron chi connectivity index (χ0n) is 11.2. The van der Waals surface area contributed by atoms with Crippen LogP contribution < -0.4 is 5.32 Å². The summed E-state index contributed by atoms with van der Waals surface area (Å²) in [5.74, 6) is 0. The molecule has 1 saturated carbocycles. The van der Waals surface area contributed by atoms with Gasteiger partial charge in [0.15, 0.2) is 0 Å². The van der Waals surface area contributed by atoms with Crippen molar-refractivity contribution in [2.45, 2.75) is 70.0 Å². The molecule has 2 fully saturated rings. The highest BCUT2D eigenvalue weighted by atomic mass is 16.2. The molecular weight excluding hydrogens is 212 g/mol. The maximum absolute atomic E-state index is 8.83. The van der Waals surface area contributed by atoms with Crippen LogP contribution in [0, 0.1) is 0 Å². The van der Waals surface area contributed by atoms with E-state index in [1.165, 1.54) is 45.2 Å². The molecule has 0 bridgehead atoms. The third kappa shape index (κ3) is 3.94. The van der Waals surface area contributed by atoms with Crippen molar-refractivity contribution >= 4 is 0 Å². The molecule has 1 heterocycles. The van der Waals surface area contributed by atoms with Crippen molar-refractivity contribution in [3.05, 3.63) is 0 Å². The second-order valence-electron chi connectivity index (χ2n) is 5.85. The first-order valence-corrected chi connectivity index (χ1v) is 7.40. The maximum atomic E-state index is 8.83. The first-order chi connectivity index (χ1) is 8.29. The number of nitrogens with one attached hydrogen (secondary N) is 1. The first kappa shape index (κ1) is 13.3. The number of hydrogen-bond donors (Lipinski definition) is 2. The fourth-order valence-corrected chi connectivity index (χ4v) is 3.41. The lowest BCUT2D eigenvalue weighted by Gasteiger charge is -2.24. The molecule has 3 nitrogen and oxygen atoms in total. The van der Waals surface area contributed by atoms with Crippen molar-refractivity contribution in [3.63, 3.8) is 0 Å². The summed E-state index contributed by atoms with van der Waals surface area (Å²) in [6.45, 7) is 5.10. The van der Waals surface area contributed by atoms with Crippen LogP contribution in [0.25, 0.3) is 0 Å². The molecule has 0 aromatic rings. The minimum atomic E-state index is 0.324. The Morgan fingerprint density at radius 1 is 1.29 bits per heavy atom. The summed E-state index contributed by atoms with van der Waals surface area (Å²) < 4.78 is 0. The van der Waals surface area contributed by atoms with E-state index in [2.05, 4.69) is 17.1 Å². The topological polar surface area (TPSA) is 35.5 Å². The first-order valence-electron chi connectivity index (χ1n) is 7.40. The SMILES string of the molecule is CC(CCCO)NC1CCN(C2CCCC2)C1. The van der Waals surface area contributed by atoms with Crippen LogP contribution in [-0.2, 0) is 0 Å². The van der Waals surface area contributed by atoms with Crippen LogP contribution in [0.4, 0.5) is 0 Å². The van der Waals surface area contributed by atoms with Crippen LogP contribution in [0.2, 0.25) is 0 Å². The Bertz CT molecular complexity index is 216. The summed E-state index contributed by atoms with van der Waals surface area (Å²) in [7, 11) is 0. The Kier molecular flexibility index (Phi) is 5.26. The predicted molar refractivity (Wildman–Crippen MR) is 71.2 cm³/mol. The van der Waals surface area contributed by atoms with Gasteiger partial charge in [0.25, 0.3) is 0 Å². The maximum Gasteiger partial charge on any atom is 0.0431 e. The summed E-state index contributed by atoms with van der Waals surface area (Å²) >= 11 is 0. The number of nitrogens with zero attached hydrogens (tertiary/aromatic N) is 1. The van der Waals surface area contributed by atoms with Crippen molar-refractivity contribution in [3.8, 4) is 0 Å². The van der Waals surface area contributed by atoms with Crippen molar-refractivity contribution in [2.75, 3.05) is 19.7 Å². The van der Waals surface area contributed by atoms with Gasteiger partial charge in [-0.1, -0.05) is 12.8 Å². The summed E-state index contributed by atoms with van der Waals surface area (Å²) in [6.07, 6.45) is 9.04. The van der Waals surface area contributed by atoms with Crippen LogP contribution >= 0.6 is 0 Å². The molecule has 2 aliphatic rings. The van der Waals surface area contributed by atoms with Crippen molar-refractivity contribution in [1.29, 1.82) is 0 Å². The summed E-state index contributed by atoms with van der Waals surface area (Å²) in [5, 5.41) is 12.5. The average molecular weight is 240 g/mol. The van der Waals surface area contributed by atoms with Crippen LogP contribution in [0.1, 0.15) is 51.9 Å². The average Bonchev–Trinajstić information content (AvgIpc) is 2.95. The Morgan fingerprint density at radius 2 is 2.06 bits per heavy atom. The van der Waals surface area contributed by atoms with Gasteiger partial charge in [-0.2, -0.15) is 0 Å². The van der Waals surface area contributed by atoms with Gasteiger partial charge >= 0.3 is 0 Å². The third-order valence-corrected chi connectivity index (χ3v) is 4.38. The van der Waals surface area contributed by atoms with E-state index in [9.17, 15) is 0 Å². The zero-order valence-corrected chi connectivity index (χ0v) is 11.2. The minimum Gasteiger partial charge on any atom is -0.396 e. The molecule has 0 aromatic carbocycles. The van der Waals surface area contributed by atoms with Crippen LogP contribution in [-0.4, -0.2) is 47.8 Å². The van der Waals surface area contributed by atoms with E-state index in [0.717, 1.165) is 18.9 Å². The standard InChI is InChI=1S/C14H28N2O/c1-12(5-4-10-17)15-13-8-9-16(11-13)14-6-2-3-7-14/h12-15,17H,2-11H2,1H3. The number of rotatable bonds is 6. The fourth-order valence-electron chi connectivity index (χ4n) is 3.41. The van der Waals surface area contributed by atoms with Gasteiger partial charge in [-0.05, 0) is 39.0 Å². The number of hydrogen-bond acceptors (Lipinski definition) is 3. The van der Waals surface area contributed by atoms with Crippen molar-refractivity contribution in [1.82, 2.24) is 10.2 Å². The van der Waals surface area contributed by atoms with E-state index in [0.29, 0.717) is 18.7 Å². The Hall–Kier alpha value is -0.120. The van der Waals surface area contributed by atoms with Gasteiger partial charge in [0, 0.05) is 37.8 Å². The number of aliphatic hydroxyl groups excluding tert-OH is 1. The molecule has 1 saturated heterocycles. The summed E-state index contributed by atoms with van der Waals surface area (Å²) in [6, 6.07) is 2.12. The van der Waals surface area contributed by atoms with E-state index < -0.39 is 0 Å². The van der Waals surface area contributed by atoms with Gasteiger partial charge in [-0.3, -0.25) is 4.90 Å². The monoisotopic (exact) mass is 240 g/mol. The molecule has 1 aliphatic heterocycles. The molecule has 2 N–H and O–H groups in total. The van der Waals surface area contributed by atoms with Gasteiger partial charge < -0.3 is 10.4 Å². The predicted octanol–water partition coefficient (Wildman–Crippen LogP) is 1.75. The molecule has 1 aliphatic carbocycles. The third-order valence-electron chi connectivity index (χ3n) is 4.38. The summed E-state index contributed by atoms with van der Waals surface area (Å²) in [5.41, 5.74) is 0. The zero-order chi connectivity index (χ0) is 12.1. The van der Waals surface area contributed by atoms with E-state index in [1.54, 1.807) is 0 Å². The largest absolute Gasteiger partial charge is 0.396 e. The van der Waals surface area contributed by atoms with Gasteiger partial charge in [0.2, 0.25) is 0 Å². The van der Waals surface area contributed by atoms with Gasteiger partial charge in [-0.15, -0.1) is 0 Å². The molecule has 0 radical (unpaired) electrons. The molecule has 17 heavy (non-hydrogen) atoms. The van der Waals surface area contributed by atoms with Gasteiger partial charge in [0.05, 0.1) is 0 Å². The molecular formula is C14H28N2O. The molecule has 0 aromatic heterocycles. The molecule has 2 rings (SSSR count). The van der Waals surface area contributed by atoms with Gasteiger partial charge in [0.1, 0.15) is 0 Å². The molecule has 2 unspecified atom stereocenters. The number of likely N-dealkylation sites (tertiary alicyclic amines) is 1. The second kappa shape index (κ2) is 6.72. The normalized spacial score (nSPS) is 28.9. The fraction of sp³-hybridized carbons (Fsp3) is 1.00. The van der Waals surface area contributed by atoms with E-state index >= 15 is 0 Å². The lowest BCUT2D eigenvalue weighted by atomic mass is 10.1. The minimum absolute atomic E-state index is 0.324. The van der Waals surface area contributed by atoms with Crippen LogP contribution in [0.5, 0.6) is 0 Å². The Morgan fingerprint density at radius 3 is 2.76 bits per heavy atom. The van der Waals surface area contributed by atoms with Crippen LogP contribution in [0.3, 0.4) is 0 Å².